The number of fused-ring (bicyclic) bond motifs is 1. The van der Waals surface area contributed by atoms with Crippen molar-refractivity contribution in [3.8, 4) is 0 Å². The second-order valence-corrected chi connectivity index (χ2v) is 11.8. The average molecular weight is 513 g/mol. The molecule has 0 bridgehead atoms. The summed E-state index contributed by atoms with van der Waals surface area (Å²) in [6.07, 6.45) is 3.50. The summed E-state index contributed by atoms with van der Waals surface area (Å²) in [6.45, 7) is 1.69. The number of β-lactam (4-membered cyclic amide) rings is 1. The van der Waals surface area contributed by atoms with E-state index in [0.717, 1.165) is 4.90 Å². The number of amides is 1. The SMILES string of the molecule is CC1(C)[C@H](C(=O)OCc2ccccc2)N2C(=O)[C@@H](COS(=O)(=O)O)[C@H]2S1(=O)=O.c1ccncc1. The van der Waals surface area contributed by atoms with Crippen LogP contribution >= 0.6 is 0 Å². The molecular weight excluding hydrogens is 488 g/mol. The molecule has 13 heteroatoms. The summed E-state index contributed by atoms with van der Waals surface area (Å²) >= 11 is 0. The van der Waals surface area contributed by atoms with Gasteiger partial charge in [-0.2, -0.15) is 8.42 Å². The number of carbonyl (C=O) groups is 2. The van der Waals surface area contributed by atoms with Gasteiger partial charge in [-0.1, -0.05) is 36.4 Å². The third kappa shape index (κ3) is 5.12. The van der Waals surface area contributed by atoms with Crippen LogP contribution in [0.25, 0.3) is 0 Å². The predicted molar refractivity (Wildman–Crippen MR) is 119 cm³/mol. The fourth-order valence-electron chi connectivity index (χ4n) is 3.82. The van der Waals surface area contributed by atoms with Crippen LogP contribution in [0.3, 0.4) is 0 Å². The van der Waals surface area contributed by atoms with Crippen molar-refractivity contribution in [2.24, 2.45) is 5.92 Å². The smallest absolute Gasteiger partial charge is 0.397 e. The number of sulfone groups is 1. The molecule has 1 N–H and O–H groups in total. The molecule has 2 aromatic rings. The molecule has 0 spiro atoms. The molecule has 1 aromatic heterocycles. The summed E-state index contributed by atoms with van der Waals surface area (Å²) in [4.78, 5) is 29.7. The number of ether oxygens (including phenoxy) is 1. The van der Waals surface area contributed by atoms with Gasteiger partial charge in [0.2, 0.25) is 5.91 Å². The Bertz CT molecular complexity index is 1210. The van der Waals surface area contributed by atoms with Crippen molar-refractivity contribution in [1.82, 2.24) is 9.88 Å². The number of aromatic nitrogens is 1. The predicted octanol–water partition coefficient (Wildman–Crippen LogP) is 0.991. The molecule has 3 atom stereocenters. The molecular formula is C21H24N2O9S2. The second kappa shape index (κ2) is 9.78. The first-order valence-corrected chi connectivity index (χ1v) is 13.0. The van der Waals surface area contributed by atoms with E-state index in [1.165, 1.54) is 13.8 Å². The summed E-state index contributed by atoms with van der Waals surface area (Å²) in [5.74, 6) is -2.97. The Morgan fingerprint density at radius 2 is 1.71 bits per heavy atom. The van der Waals surface area contributed by atoms with E-state index in [0.29, 0.717) is 5.56 Å². The van der Waals surface area contributed by atoms with Crippen LogP contribution in [0.2, 0.25) is 0 Å². The van der Waals surface area contributed by atoms with Gasteiger partial charge >= 0.3 is 16.4 Å². The van der Waals surface area contributed by atoms with Gasteiger partial charge in [0.05, 0.1) is 17.3 Å². The van der Waals surface area contributed by atoms with E-state index in [9.17, 15) is 26.4 Å². The Balaban J connectivity index is 0.000000469. The first kappa shape index (κ1) is 25.7. The van der Waals surface area contributed by atoms with E-state index in [1.807, 2.05) is 18.2 Å². The Morgan fingerprint density at radius 3 is 2.21 bits per heavy atom. The van der Waals surface area contributed by atoms with Crippen molar-refractivity contribution in [1.29, 1.82) is 0 Å². The lowest BCUT2D eigenvalue weighted by molar-refractivity contribution is -0.168. The molecule has 11 nitrogen and oxygen atoms in total. The maximum Gasteiger partial charge on any atom is 0.397 e. The summed E-state index contributed by atoms with van der Waals surface area (Å²) in [5, 5.41) is -1.42. The zero-order valence-corrected chi connectivity index (χ0v) is 20.0. The van der Waals surface area contributed by atoms with Gasteiger partial charge in [-0.05, 0) is 31.5 Å². The van der Waals surface area contributed by atoms with Crippen LogP contribution < -0.4 is 0 Å². The molecule has 2 aliphatic rings. The third-order valence-electron chi connectivity index (χ3n) is 5.59. The zero-order chi connectivity index (χ0) is 25.1. The van der Waals surface area contributed by atoms with E-state index < -0.39 is 60.8 Å². The van der Waals surface area contributed by atoms with Crippen LogP contribution in [-0.2, 0) is 45.4 Å². The Hall–Kier alpha value is -2.87. The summed E-state index contributed by atoms with van der Waals surface area (Å²) in [5.41, 5.74) is 0.695. The van der Waals surface area contributed by atoms with E-state index in [1.54, 1.807) is 42.7 Å². The van der Waals surface area contributed by atoms with Crippen molar-refractivity contribution >= 4 is 32.1 Å². The molecule has 0 unspecified atom stereocenters. The van der Waals surface area contributed by atoms with Crippen molar-refractivity contribution < 1.29 is 39.9 Å². The fraction of sp³-hybridized carbons (Fsp3) is 0.381. The highest BCUT2D eigenvalue weighted by molar-refractivity contribution is 7.93. The Labute approximate surface area is 197 Å². The van der Waals surface area contributed by atoms with Gasteiger partial charge in [0.15, 0.2) is 9.84 Å². The molecule has 2 aliphatic heterocycles. The van der Waals surface area contributed by atoms with Gasteiger partial charge in [0, 0.05) is 12.4 Å². The topological polar surface area (TPSA) is 157 Å². The number of hydrogen-bond donors (Lipinski definition) is 1. The first-order chi connectivity index (χ1) is 15.9. The van der Waals surface area contributed by atoms with E-state index in [-0.39, 0.29) is 6.61 Å². The van der Waals surface area contributed by atoms with Crippen molar-refractivity contribution in [2.75, 3.05) is 6.61 Å². The molecule has 184 valence electrons. The lowest BCUT2D eigenvalue weighted by Gasteiger charge is -2.42. The number of hydrogen-bond acceptors (Lipinski definition) is 9. The van der Waals surface area contributed by atoms with Gasteiger partial charge < -0.3 is 9.64 Å². The summed E-state index contributed by atoms with van der Waals surface area (Å²) in [6, 6.07) is 13.1. The van der Waals surface area contributed by atoms with Crippen LogP contribution in [0.15, 0.2) is 60.9 Å². The summed E-state index contributed by atoms with van der Waals surface area (Å²) < 4.78 is 63.7. The molecule has 4 rings (SSSR count). The molecule has 0 saturated carbocycles. The van der Waals surface area contributed by atoms with Crippen molar-refractivity contribution in [3.05, 3.63) is 66.5 Å². The van der Waals surface area contributed by atoms with E-state index in [4.69, 9.17) is 9.29 Å². The molecule has 0 aliphatic carbocycles. The van der Waals surface area contributed by atoms with E-state index in [2.05, 4.69) is 9.17 Å². The maximum absolute atomic E-state index is 12.9. The molecule has 1 amide bonds. The van der Waals surface area contributed by atoms with Gasteiger partial charge in [0.25, 0.3) is 0 Å². The summed E-state index contributed by atoms with van der Waals surface area (Å²) in [7, 11) is -8.88. The Morgan fingerprint density at radius 1 is 1.12 bits per heavy atom. The molecule has 2 fully saturated rings. The number of rotatable bonds is 6. The highest BCUT2D eigenvalue weighted by atomic mass is 32.3. The van der Waals surface area contributed by atoms with Crippen LogP contribution in [0.5, 0.6) is 0 Å². The lowest BCUT2D eigenvalue weighted by Crippen LogP contribution is -2.64. The highest BCUT2D eigenvalue weighted by Crippen LogP contribution is 2.49. The monoisotopic (exact) mass is 512 g/mol. The fourth-order valence-corrected chi connectivity index (χ4v) is 6.44. The van der Waals surface area contributed by atoms with Gasteiger partial charge in [-0.25, -0.2) is 17.4 Å². The van der Waals surface area contributed by atoms with Gasteiger partial charge in [-0.3, -0.25) is 14.3 Å². The number of esters is 1. The molecule has 34 heavy (non-hydrogen) atoms. The normalized spacial score (nSPS) is 24.3. The third-order valence-corrected chi connectivity index (χ3v) is 8.90. The molecule has 2 saturated heterocycles. The largest absolute Gasteiger partial charge is 0.459 e. The average Bonchev–Trinajstić information content (AvgIpc) is 2.93. The first-order valence-electron chi connectivity index (χ1n) is 10.1. The number of pyridine rings is 1. The van der Waals surface area contributed by atoms with Gasteiger partial charge in [0.1, 0.15) is 18.0 Å². The van der Waals surface area contributed by atoms with Crippen LogP contribution in [-0.4, -0.2) is 65.9 Å². The van der Waals surface area contributed by atoms with E-state index >= 15 is 0 Å². The second-order valence-electron chi connectivity index (χ2n) is 8.12. The van der Waals surface area contributed by atoms with Crippen molar-refractivity contribution in [2.45, 2.75) is 36.6 Å². The minimum Gasteiger partial charge on any atom is -0.459 e. The molecule has 3 heterocycles. The van der Waals surface area contributed by atoms with Crippen LogP contribution in [0.4, 0.5) is 0 Å². The minimum absolute atomic E-state index is 0.0890. The lowest BCUT2D eigenvalue weighted by atomic mass is 9.92. The molecule has 0 radical (unpaired) electrons. The molecule has 1 aromatic carbocycles. The maximum atomic E-state index is 12.9. The zero-order valence-electron chi connectivity index (χ0n) is 18.3. The highest BCUT2D eigenvalue weighted by Gasteiger charge is 2.72. The number of nitrogens with zero attached hydrogens (tertiary/aromatic N) is 2. The minimum atomic E-state index is -4.84. The Kier molecular flexibility index (Phi) is 7.41. The van der Waals surface area contributed by atoms with Crippen LogP contribution in [0, 0.1) is 5.92 Å². The quantitative estimate of drug-likeness (QED) is 0.336. The van der Waals surface area contributed by atoms with Crippen molar-refractivity contribution in [3.63, 3.8) is 0 Å². The van der Waals surface area contributed by atoms with Gasteiger partial charge in [-0.15, -0.1) is 0 Å². The number of carbonyl (C=O) groups excluding carboxylic acids is 2. The number of benzene rings is 1. The van der Waals surface area contributed by atoms with Crippen LogP contribution in [0.1, 0.15) is 19.4 Å². The standard InChI is InChI=1S/C16H19NO9S2.C5H5N/c1-16(2)12(15(19)25-8-10-6-4-3-5-7-10)17-13(18)11(9-26-28(22,23)24)14(17)27(16,20)21;1-2-4-6-5-3-1/h3-7,11-12,14H,8-9H2,1-2H3,(H,22,23,24);1-5H/t11-,12+,14-;/m1./s1.